The molecule has 0 aromatic heterocycles. The van der Waals surface area contributed by atoms with Gasteiger partial charge in [0.05, 0.1) is 0 Å². The van der Waals surface area contributed by atoms with Gasteiger partial charge >= 0.3 is 12.2 Å². The summed E-state index contributed by atoms with van der Waals surface area (Å²) in [5.74, 6) is 1.53. The summed E-state index contributed by atoms with van der Waals surface area (Å²) in [4.78, 5) is 29.7. The van der Waals surface area contributed by atoms with E-state index in [9.17, 15) is 9.59 Å². The molecule has 5 fully saturated rings. The summed E-state index contributed by atoms with van der Waals surface area (Å²) in [6, 6.07) is 0. The SMILES string of the molecule is NCCC1CCN(N2CCN(C(=O)OC3CCCC(OC(=O)N4CCN(N5CCC(CCN)CC5)CC4)CCC3)CC2)CC1. The minimum Gasteiger partial charge on any atom is -0.446 e. The zero-order chi connectivity index (χ0) is 30.7. The molecule has 44 heavy (non-hydrogen) atoms. The van der Waals surface area contributed by atoms with Gasteiger partial charge in [-0.05, 0) is 102 Å². The number of carbonyl (C=O) groups is 2. The Kier molecular flexibility index (Phi) is 13.2. The molecule has 252 valence electrons. The molecule has 0 unspecified atom stereocenters. The van der Waals surface area contributed by atoms with Crippen LogP contribution >= 0.6 is 0 Å². The van der Waals surface area contributed by atoms with Crippen LogP contribution in [0.1, 0.15) is 77.0 Å². The highest BCUT2D eigenvalue weighted by atomic mass is 16.6. The van der Waals surface area contributed by atoms with Crippen LogP contribution in [-0.4, -0.2) is 146 Å². The smallest absolute Gasteiger partial charge is 0.410 e. The van der Waals surface area contributed by atoms with Crippen molar-refractivity contribution in [3.05, 3.63) is 0 Å². The molecule has 4 aliphatic heterocycles. The Hall–Kier alpha value is -1.70. The molecule has 12 heteroatoms. The third kappa shape index (κ3) is 9.65. The van der Waals surface area contributed by atoms with Crippen LogP contribution in [0.3, 0.4) is 0 Å². The highest BCUT2D eigenvalue weighted by Crippen LogP contribution is 2.26. The molecule has 1 aliphatic carbocycles. The molecule has 0 aromatic carbocycles. The van der Waals surface area contributed by atoms with Crippen LogP contribution in [0.15, 0.2) is 0 Å². The van der Waals surface area contributed by atoms with Crippen molar-refractivity contribution in [2.45, 2.75) is 89.3 Å². The molecule has 1 saturated carbocycles. The molecule has 12 nitrogen and oxygen atoms in total. The predicted molar refractivity (Wildman–Crippen MR) is 170 cm³/mol. The number of nitrogens with two attached hydrogens (primary N) is 2. The predicted octanol–water partition coefficient (Wildman–Crippen LogP) is 2.54. The number of carbonyl (C=O) groups excluding carboxylic acids is 2. The summed E-state index contributed by atoms with van der Waals surface area (Å²) >= 11 is 0. The van der Waals surface area contributed by atoms with E-state index in [1.165, 1.54) is 25.7 Å². The maximum absolute atomic E-state index is 13.0. The van der Waals surface area contributed by atoms with E-state index in [-0.39, 0.29) is 24.4 Å². The van der Waals surface area contributed by atoms with Gasteiger partial charge in [0.15, 0.2) is 0 Å². The van der Waals surface area contributed by atoms with Gasteiger partial charge in [0.2, 0.25) is 0 Å². The van der Waals surface area contributed by atoms with Crippen molar-refractivity contribution in [2.75, 3.05) is 91.6 Å². The average Bonchev–Trinajstić information content (AvgIpc) is 3.04. The summed E-state index contributed by atoms with van der Waals surface area (Å²) in [6.07, 6.45) is 11.8. The molecule has 5 aliphatic rings. The Balaban J connectivity index is 0.942. The first-order chi connectivity index (χ1) is 21.5. The van der Waals surface area contributed by atoms with E-state index in [0.29, 0.717) is 26.2 Å². The van der Waals surface area contributed by atoms with Gasteiger partial charge in [0, 0.05) is 78.5 Å². The maximum Gasteiger partial charge on any atom is 0.410 e. The normalized spacial score (nSPS) is 28.4. The van der Waals surface area contributed by atoms with Gasteiger partial charge < -0.3 is 30.7 Å². The topological polar surface area (TPSA) is 124 Å². The Morgan fingerprint density at radius 2 is 0.795 bits per heavy atom. The van der Waals surface area contributed by atoms with Gasteiger partial charge in [-0.15, -0.1) is 0 Å². The van der Waals surface area contributed by atoms with Crippen molar-refractivity contribution in [3.63, 3.8) is 0 Å². The fourth-order valence-corrected chi connectivity index (χ4v) is 7.88. The summed E-state index contributed by atoms with van der Waals surface area (Å²) in [6.45, 7) is 12.3. The van der Waals surface area contributed by atoms with Gasteiger partial charge in [0.1, 0.15) is 12.2 Å². The number of amides is 2. The van der Waals surface area contributed by atoms with Crippen molar-refractivity contribution >= 4 is 12.2 Å². The largest absolute Gasteiger partial charge is 0.446 e. The van der Waals surface area contributed by atoms with Crippen LogP contribution < -0.4 is 11.5 Å². The first kappa shape index (κ1) is 33.7. The third-order valence-corrected chi connectivity index (χ3v) is 10.8. The van der Waals surface area contributed by atoms with Gasteiger partial charge in [0.25, 0.3) is 0 Å². The van der Waals surface area contributed by atoms with E-state index < -0.39 is 0 Å². The highest BCUT2D eigenvalue weighted by molar-refractivity contribution is 5.68. The first-order valence-electron chi connectivity index (χ1n) is 17.8. The number of hydrogen-bond donors (Lipinski definition) is 2. The van der Waals surface area contributed by atoms with Crippen molar-refractivity contribution in [2.24, 2.45) is 23.3 Å². The Morgan fingerprint density at radius 1 is 0.477 bits per heavy atom. The summed E-state index contributed by atoms with van der Waals surface area (Å²) in [5.41, 5.74) is 11.5. The summed E-state index contributed by atoms with van der Waals surface area (Å²) < 4.78 is 12.0. The van der Waals surface area contributed by atoms with Crippen LogP contribution in [0, 0.1) is 11.8 Å². The van der Waals surface area contributed by atoms with E-state index in [1.807, 2.05) is 9.80 Å². The lowest BCUT2D eigenvalue weighted by molar-refractivity contribution is -0.0767. The molecule has 0 atom stereocenters. The zero-order valence-corrected chi connectivity index (χ0v) is 27.2. The average molecular weight is 621 g/mol. The van der Waals surface area contributed by atoms with Gasteiger partial charge in [-0.1, -0.05) is 0 Å². The molecule has 0 radical (unpaired) electrons. The second kappa shape index (κ2) is 17.3. The van der Waals surface area contributed by atoms with Crippen LogP contribution in [0.4, 0.5) is 9.59 Å². The third-order valence-electron chi connectivity index (χ3n) is 10.8. The lowest BCUT2D eigenvalue weighted by Crippen LogP contribution is -2.56. The standard InChI is InChI=1S/C32H60N8O4/c33-13-7-27-9-15-37(16-10-27)39-23-19-35(20-24-39)31(41)43-29-3-1-4-30(6-2-5-29)44-32(42)36-21-25-40(26-22-36)38-17-11-28(8-14-34)12-18-38/h27-30H,1-26,33-34H2. The second-order valence-corrected chi connectivity index (χ2v) is 13.7. The number of hydrogen-bond acceptors (Lipinski definition) is 10. The molecule has 0 aromatic rings. The molecule has 2 amide bonds. The lowest BCUT2D eigenvalue weighted by Gasteiger charge is -2.44. The van der Waals surface area contributed by atoms with Crippen molar-refractivity contribution in [3.8, 4) is 0 Å². The van der Waals surface area contributed by atoms with Crippen LogP contribution in [0.2, 0.25) is 0 Å². The van der Waals surface area contributed by atoms with Crippen molar-refractivity contribution < 1.29 is 19.1 Å². The molecule has 4 heterocycles. The van der Waals surface area contributed by atoms with Crippen molar-refractivity contribution in [1.29, 1.82) is 0 Å². The van der Waals surface area contributed by atoms with Crippen LogP contribution in [-0.2, 0) is 9.47 Å². The van der Waals surface area contributed by atoms with Crippen LogP contribution in [0.25, 0.3) is 0 Å². The highest BCUT2D eigenvalue weighted by Gasteiger charge is 2.32. The molecule has 4 saturated heterocycles. The Labute approximate surface area is 265 Å². The molecule has 0 bridgehead atoms. The molecule has 0 spiro atoms. The number of hydrazine groups is 2. The summed E-state index contributed by atoms with van der Waals surface area (Å²) in [5, 5.41) is 9.80. The number of ether oxygens (including phenoxy) is 2. The van der Waals surface area contributed by atoms with E-state index in [4.69, 9.17) is 20.9 Å². The van der Waals surface area contributed by atoms with E-state index in [1.54, 1.807) is 0 Å². The maximum atomic E-state index is 13.0. The number of rotatable bonds is 8. The fourth-order valence-electron chi connectivity index (χ4n) is 7.88. The lowest BCUT2D eigenvalue weighted by atomic mass is 9.94. The second-order valence-electron chi connectivity index (χ2n) is 13.7. The Bertz CT molecular complexity index is 788. The van der Waals surface area contributed by atoms with Gasteiger partial charge in [-0.3, -0.25) is 0 Å². The quantitative estimate of drug-likeness (QED) is 0.418. The molecular formula is C32H60N8O4. The minimum absolute atomic E-state index is 0.0489. The Morgan fingerprint density at radius 3 is 1.11 bits per heavy atom. The van der Waals surface area contributed by atoms with Gasteiger partial charge in [-0.2, -0.15) is 0 Å². The fraction of sp³-hybridized carbons (Fsp3) is 0.938. The van der Waals surface area contributed by atoms with E-state index in [0.717, 1.165) is 129 Å². The molecular weight excluding hydrogens is 560 g/mol. The van der Waals surface area contributed by atoms with E-state index in [2.05, 4.69) is 20.0 Å². The number of piperazine rings is 2. The van der Waals surface area contributed by atoms with E-state index >= 15 is 0 Å². The minimum atomic E-state index is -0.168. The zero-order valence-electron chi connectivity index (χ0n) is 27.2. The number of nitrogens with zero attached hydrogens (tertiary/aromatic N) is 6. The number of piperidine rings is 2. The molecule has 5 rings (SSSR count). The van der Waals surface area contributed by atoms with Gasteiger partial charge in [-0.25, -0.2) is 29.6 Å². The van der Waals surface area contributed by atoms with Crippen LogP contribution in [0.5, 0.6) is 0 Å². The van der Waals surface area contributed by atoms with Crippen molar-refractivity contribution in [1.82, 2.24) is 29.8 Å². The first-order valence-corrected chi connectivity index (χ1v) is 17.8. The monoisotopic (exact) mass is 620 g/mol. The molecule has 4 N–H and O–H groups in total. The summed E-state index contributed by atoms with van der Waals surface area (Å²) in [7, 11) is 0.